The highest BCUT2D eigenvalue weighted by Gasteiger charge is 2.48. The van der Waals surface area contributed by atoms with Crippen LogP contribution in [-0.4, -0.2) is 96.2 Å². The highest BCUT2D eigenvalue weighted by Crippen LogP contribution is 2.33. The van der Waals surface area contributed by atoms with E-state index in [0.29, 0.717) is 19.5 Å². The van der Waals surface area contributed by atoms with E-state index < -0.39 is 42.8 Å². The van der Waals surface area contributed by atoms with Gasteiger partial charge in [-0.2, -0.15) is 0 Å². The molecule has 3 saturated heterocycles. The Balaban J connectivity index is 1.08. The van der Waals surface area contributed by atoms with Gasteiger partial charge >= 0.3 is 6.09 Å². The number of rotatable bonds is 5. The lowest BCUT2D eigenvalue weighted by Crippen LogP contribution is -2.53. The summed E-state index contributed by atoms with van der Waals surface area (Å²) in [5, 5.41) is 26.4. The van der Waals surface area contributed by atoms with E-state index in [1.165, 1.54) is 10.9 Å². The van der Waals surface area contributed by atoms with Crippen molar-refractivity contribution in [3.8, 4) is 11.8 Å². The van der Waals surface area contributed by atoms with Gasteiger partial charge in [0.2, 0.25) is 11.7 Å². The van der Waals surface area contributed by atoms with E-state index in [1.807, 2.05) is 0 Å². The highest BCUT2D eigenvalue weighted by atomic mass is 16.6. The van der Waals surface area contributed by atoms with Crippen LogP contribution in [0.25, 0.3) is 11.2 Å². The van der Waals surface area contributed by atoms with E-state index in [2.05, 4.69) is 37.4 Å². The Morgan fingerprint density at radius 3 is 2.65 bits per heavy atom. The van der Waals surface area contributed by atoms with Gasteiger partial charge in [0.25, 0.3) is 5.91 Å². The molecular formula is C25H30N8O7. The van der Waals surface area contributed by atoms with E-state index >= 15 is 0 Å². The average molecular weight is 555 g/mol. The maximum atomic E-state index is 12.5. The number of fused-ring (bicyclic) bond motifs is 1. The summed E-state index contributed by atoms with van der Waals surface area (Å²) in [6, 6.07) is 0.0776. The number of piperidine rings is 1. The molecule has 212 valence electrons. The normalized spacial score (nSPS) is 28.4. The number of nitrogens with one attached hydrogen (secondary N) is 2. The van der Waals surface area contributed by atoms with Gasteiger partial charge < -0.3 is 41.0 Å². The third-order valence-corrected chi connectivity index (χ3v) is 7.54. The van der Waals surface area contributed by atoms with Crippen molar-refractivity contribution in [1.29, 1.82) is 0 Å². The standard InChI is InChI=1S/C25H30N8O7/c26-21-17-22(33(11-27-17)24-19(36)18(35)20(40-24)23(37)28-13-4-5-13)30-14(29-21)3-1-2-12-6-8-32(9-7-12)25(38)39-16-10-15(34)31-16/h11-13,16,18-20,24,35-36H,2,4-10H2,(H,28,37)(H,31,34)(H2,26,29,30)/t16?,18?,19-,20-,24+/m0/s1. The molecule has 3 amide bonds. The summed E-state index contributed by atoms with van der Waals surface area (Å²) >= 11 is 0. The number of amides is 3. The minimum Gasteiger partial charge on any atom is -0.425 e. The van der Waals surface area contributed by atoms with Crippen molar-refractivity contribution in [2.75, 3.05) is 18.8 Å². The Bertz CT molecular complexity index is 1380. The van der Waals surface area contributed by atoms with Gasteiger partial charge in [0, 0.05) is 25.6 Å². The van der Waals surface area contributed by atoms with Gasteiger partial charge in [-0.3, -0.25) is 14.2 Å². The van der Waals surface area contributed by atoms with E-state index in [9.17, 15) is 24.6 Å². The quantitative estimate of drug-likeness (QED) is 0.218. The molecule has 0 aromatic carbocycles. The second kappa shape index (κ2) is 10.5. The number of carbonyl (C=O) groups excluding carboxylic acids is 3. The first-order valence-electron chi connectivity index (χ1n) is 13.3. The number of hydrogen-bond donors (Lipinski definition) is 5. The van der Waals surface area contributed by atoms with Crippen molar-refractivity contribution in [1.82, 2.24) is 35.1 Å². The van der Waals surface area contributed by atoms with Crippen molar-refractivity contribution in [3.63, 3.8) is 0 Å². The molecule has 5 atom stereocenters. The number of likely N-dealkylation sites (tertiary alicyclic amines) is 1. The van der Waals surface area contributed by atoms with Crippen LogP contribution >= 0.6 is 0 Å². The second-order valence-electron chi connectivity index (χ2n) is 10.5. The molecule has 1 saturated carbocycles. The van der Waals surface area contributed by atoms with Crippen molar-refractivity contribution in [2.24, 2.45) is 5.92 Å². The van der Waals surface area contributed by atoms with Gasteiger partial charge in [-0.15, -0.1) is 0 Å². The molecule has 6 N–H and O–H groups in total. The van der Waals surface area contributed by atoms with Gasteiger partial charge in [0.15, 0.2) is 30.0 Å². The van der Waals surface area contributed by atoms with Gasteiger partial charge in [-0.1, -0.05) is 5.92 Å². The minimum absolute atomic E-state index is 0.0776. The first-order valence-corrected chi connectivity index (χ1v) is 13.3. The molecule has 6 rings (SSSR count). The predicted molar refractivity (Wildman–Crippen MR) is 136 cm³/mol. The highest BCUT2D eigenvalue weighted by molar-refractivity contribution is 5.84. The van der Waals surface area contributed by atoms with Crippen LogP contribution in [0.4, 0.5) is 10.6 Å². The lowest BCUT2D eigenvalue weighted by Gasteiger charge is -2.33. The maximum absolute atomic E-state index is 12.5. The predicted octanol–water partition coefficient (Wildman–Crippen LogP) is -1.26. The summed E-state index contributed by atoms with van der Waals surface area (Å²) in [4.78, 5) is 50.2. The number of aliphatic hydroxyl groups is 2. The molecule has 2 aromatic heterocycles. The number of aliphatic hydroxyl groups excluding tert-OH is 2. The smallest absolute Gasteiger partial charge is 0.411 e. The summed E-state index contributed by atoms with van der Waals surface area (Å²) in [7, 11) is 0. The Labute approximate surface area is 228 Å². The van der Waals surface area contributed by atoms with Crippen LogP contribution in [0.2, 0.25) is 0 Å². The van der Waals surface area contributed by atoms with Crippen LogP contribution in [0.3, 0.4) is 0 Å². The summed E-state index contributed by atoms with van der Waals surface area (Å²) in [5.41, 5.74) is 6.63. The number of nitrogens with zero attached hydrogens (tertiary/aromatic N) is 5. The monoisotopic (exact) mass is 554 g/mol. The molecule has 0 bridgehead atoms. The Morgan fingerprint density at radius 2 is 1.95 bits per heavy atom. The number of aromatic nitrogens is 4. The molecule has 3 aliphatic heterocycles. The molecule has 40 heavy (non-hydrogen) atoms. The number of nitrogens with two attached hydrogens (primary N) is 1. The minimum atomic E-state index is -1.42. The zero-order chi connectivity index (χ0) is 28.0. The van der Waals surface area contributed by atoms with Crippen molar-refractivity contribution in [2.45, 2.75) is 75.3 Å². The summed E-state index contributed by atoms with van der Waals surface area (Å²) in [6.45, 7) is 1.07. The van der Waals surface area contributed by atoms with Crippen molar-refractivity contribution in [3.05, 3.63) is 12.2 Å². The second-order valence-corrected chi connectivity index (χ2v) is 10.5. The molecule has 4 fully saturated rings. The molecule has 2 unspecified atom stereocenters. The molecule has 0 spiro atoms. The van der Waals surface area contributed by atoms with Crippen LogP contribution in [0, 0.1) is 17.8 Å². The van der Waals surface area contributed by atoms with Crippen LogP contribution in [-0.2, 0) is 19.1 Å². The zero-order valence-corrected chi connectivity index (χ0v) is 21.5. The summed E-state index contributed by atoms with van der Waals surface area (Å²) in [6.07, 6.45) is -0.727. The van der Waals surface area contributed by atoms with E-state index in [0.717, 1.165) is 25.7 Å². The van der Waals surface area contributed by atoms with Gasteiger partial charge in [-0.05, 0) is 37.5 Å². The van der Waals surface area contributed by atoms with E-state index in [1.54, 1.807) is 4.90 Å². The zero-order valence-electron chi connectivity index (χ0n) is 21.5. The van der Waals surface area contributed by atoms with Crippen LogP contribution < -0.4 is 16.4 Å². The van der Waals surface area contributed by atoms with Gasteiger partial charge in [0.1, 0.15) is 17.7 Å². The number of β-lactam (4-membered cyclic amide) rings is 1. The molecule has 4 aliphatic rings. The van der Waals surface area contributed by atoms with E-state index in [-0.39, 0.29) is 47.1 Å². The Hall–Kier alpha value is -4.00. The summed E-state index contributed by atoms with van der Waals surface area (Å²) < 4.78 is 12.4. The van der Waals surface area contributed by atoms with Crippen LogP contribution in [0.1, 0.15) is 50.6 Å². The molecule has 2 aromatic rings. The number of ether oxygens (including phenoxy) is 2. The number of nitrogen functional groups attached to an aromatic ring is 1. The molecule has 1 aliphatic carbocycles. The average Bonchev–Trinajstić information content (AvgIpc) is 3.55. The van der Waals surface area contributed by atoms with Gasteiger partial charge in [-0.25, -0.2) is 19.7 Å². The third-order valence-electron chi connectivity index (χ3n) is 7.54. The Kier molecular flexibility index (Phi) is 6.90. The molecule has 15 nitrogen and oxygen atoms in total. The van der Waals surface area contributed by atoms with Crippen molar-refractivity contribution < 1.29 is 34.1 Å². The fraction of sp³-hybridized carbons (Fsp3) is 0.600. The maximum Gasteiger partial charge on any atom is 0.411 e. The van der Waals surface area contributed by atoms with Gasteiger partial charge in [0.05, 0.1) is 12.7 Å². The SMILES string of the molecule is Nc1nc(C#CCC2CCN(C(=O)OC3CC(=O)N3)CC2)nc2c1ncn2[C@@H]1O[C@H](C(=O)NC2CC2)C(O)[C@@H]1O. The van der Waals surface area contributed by atoms with E-state index in [4.69, 9.17) is 15.2 Å². The molecule has 15 heteroatoms. The third kappa shape index (κ3) is 5.25. The number of carbonyl (C=O) groups is 3. The number of hydrogen-bond acceptors (Lipinski definition) is 11. The number of imidazole rings is 1. The fourth-order valence-electron chi connectivity index (χ4n) is 4.99. The molecular weight excluding hydrogens is 524 g/mol. The molecule has 0 radical (unpaired) electrons. The fourth-order valence-corrected chi connectivity index (χ4v) is 4.99. The lowest BCUT2D eigenvalue weighted by atomic mass is 9.94. The van der Waals surface area contributed by atoms with Crippen LogP contribution in [0.5, 0.6) is 0 Å². The topological polar surface area (TPSA) is 207 Å². The molecule has 5 heterocycles. The Morgan fingerprint density at radius 1 is 1.20 bits per heavy atom. The van der Waals surface area contributed by atoms with Crippen LogP contribution in [0.15, 0.2) is 6.33 Å². The van der Waals surface area contributed by atoms with Crippen molar-refractivity contribution >= 4 is 34.9 Å². The number of anilines is 1. The lowest BCUT2D eigenvalue weighted by molar-refractivity contribution is -0.138. The largest absolute Gasteiger partial charge is 0.425 e. The first kappa shape index (κ1) is 26.2. The first-order chi connectivity index (χ1) is 19.3. The summed E-state index contributed by atoms with van der Waals surface area (Å²) in [5.74, 6) is 5.94.